The quantitative estimate of drug-likeness (QED) is 0.0492. The lowest BCUT2D eigenvalue weighted by molar-refractivity contribution is -0.145. The highest BCUT2D eigenvalue weighted by Crippen LogP contribution is 2.16. The van der Waals surface area contributed by atoms with Crippen LogP contribution in [-0.4, -0.2) is 99.3 Å². The van der Waals surface area contributed by atoms with E-state index in [1.165, 1.54) is 19.6 Å². The molecule has 16 nitrogen and oxygen atoms in total. The second-order valence-electron chi connectivity index (χ2n) is 14.8. The molecule has 5 atom stereocenters. The van der Waals surface area contributed by atoms with Crippen LogP contribution in [0.2, 0.25) is 0 Å². The molecule has 0 aliphatic carbocycles. The Balaban J connectivity index is 1.70. The van der Waals surface area contributed by atoms with Crippen LogP contribution in [0.3, 0.4) is 0 Å². The maximum atomic E-state index is 13.9. The van der Waals surface area contributed by atoms with Crippen LogP contribution in [0.4, 0.5) is 4.79 Å². The molecule has 0 radical (unpaired) electrons. The molecule has 3 rings (SSSR count). The number of carboxylic acid groups (broad SMARTS) is 1. The molecule has 0 saturated heterocycles. The second-order valence-corrected chi connectivity index (χ2v) is 14.8. The fourth-order valence-corrected chi connectivity index (χ4v) is 5.84. The molecule has 0 unspecified atom stereocenters. The minimum atomic E-state index is -1.33. The number of aromatic amines is 1. The van der Waals surface area contributed by atoms with Crippen LogP contribution < -0.4 is 21.4 Å². The smallest absolute Gasteiger partial charge is 0.425 e. The number of imidazole rings is 1. The first-order valence-corrected chi connectivity index (χ1v) is 19.1. The molecule has 3 aromatic rings. The van der Waals surface area contributed by atoms with Crippen molar-refractivity contribution in [2.75, 3.05) is 13.7 Å². The predicted molar refractivity (Wildman–Crippen MR) is 211 cm³/mol. The van der Waals surface area contributed by atoms with Crippen LogP contribution >= 0.6 is 0 Å². The molecule has 16 heteroatoms. The molecule has 6 N–H and O–H groups in total. The minimum Gasteiger partial charge on any atom is -0.480 e. The zero-order valence-electron chi connectivity index (χ0n) is 33.6. The van der Waals surface area contributed by atoms with Gasteiger partial charge in [0.15, 0.2) is 0 Å². The third-order valence-corrected chi connectivity index (χ3v) is 9.08. The van der Waals surface area contributed by atoms with Crippen LogP contribution in [0.1, 0.15) is 77.1 Å². The highest BCUT2D eigenvalue weighted by molar-refractivity contribution is 5.91. The number of carbonyl (C=O) groups excluding carboxylic acids is 5. The van der Waals surface area contributed by atoms with Gasteiger partial charge in [-0.25, -0.2) is 29.8 Å². The second kappa shape index (κ2) is 22.7. The summed E-state index contributed by atoms with van der Waals surface area (Å²) in [6, 6.07) is 13.7. The number of unbranched alkanes of at least 4 members (excludes halogenated alkanes) is 1. The highest BCUT2D eigenvalue weighted by atomic mass is 16.6. The number of methoxy groups -OCH3 is 1. The summed E-state index contributed by atoms with van der Waals surface area (Å²) in [5.74, 6) is -3.73. The van der Waals surface area contributed by atoms with Gasteiger partial charge in [0.05, 0.1) is 13.4 Å². The molecule has 57 heavy (non-hydrogen) atoms. The van der Waals surface area contributed by atoms with Gasteiger partial charge in [0.25, 0.3) is 0 Å². The van der Waals surface area contributed by atoms with Gasteiger partial charge in [-0.05, 0) is 50.7 Å². The first-order valence-electron chi connectivity index (χ1n) is 19.1. The number of ether oxygens (including phenoxy) is 2. The first-order chi connectivity index (χ1) is 27.1. The van der Waals surface area contributed by atoms with E-state index in [1.807, 2.05) is 50.2 Å². The molecule has 310 valence electrons. The van der Waals surface area contributed by atoms with Gasteiger partial charge in [-0.2, -0.15) is 0 Å². The topological polar surface area (TPSA) is 221 Å². The highest BCUT2D eigenvalue weighted by Gasteiger charge is 2.36. The number of esters is 1. The number of aliphatic carboxylic acids is 1. The zero-order chi connectivity index (χ0) is 42.0. The van der Waals surface area contributed by atoms with Crippen molar-refractivity contribution in [1.82, 2.24) is 36.4 Å². The SMILES string of the molecule is CC[C@H](C)[C@H](NC(=O)CCCCNN(C(=O)OC(C)(C)C)[C@@H](Cc1ccccc1)C(=O)N[C@@H](Cc1cnc[nH]1)C(=O)O)C(=O)N[C@@H](Cc1ccccc1)C(=O)OC. The molecular formula is C41H57N7O9. The lowest BCUT2D eigenvalue weighted by Gasteiger charge is -2.33. The van der Waals surface area contributed by atoms with Gasteiger partial charge < -0.3 is 35.5 Å². The lowest BCUT2D eigenvalue weighted by Crippen LogP contribution is -2.59. The summed E-state index contributed by atoms with van der Waals surface area (Å²) in [6.45, 7) is 8.92. The maximum absolute atomic E-state index is 13.9. The monoisotopic (exact) mass is 791 g/mol. The van der Waals surface area contributed by atoms with Crippen molar-refractivity contribution < 1.29 is 43.3 Å². The Morgan fingerprint density at radius 1 is 0.842 bits per heavy atom. The Morgan fingerprint density at radius 3 is 2.00 bits per heavy atom. The summed E-state index contributed by atoms with van der Waals surface area (Å²) >= 11 is 0. The summed E-state index contributed by atoms with van der Waals surface area (Å²) in [7, 11) is 1.25. The molecule has 1 heterocycles. The fraction of sp³-hybridized carbons (Fsp3) is 0.488. The zero-order valence-corrected chi connectivity index (χ0v) is 33.6. The average molecular weight is 792 g/mol. The lowest BCUT2D eigenvalue weighted by atomic mass is 9.97. The number of hydrogen-bond donors (Lipinski definition) is 6. The van der Waals surface area contributed by atoms with Gasteiger partial charge in [0.1, 0.15) is 29.8 Å². The Morgan fingerprint density at radius 2 is 1.46 bits per heavy atom. The van der Waals surface area contributed by atoms with Crippen LogP contribution in [0.25, 0.3) is 0 Å². The van der Waals surface area contributed by atoms with Gasteiger partial charge in [-0.3, -0.25) is 14.4 Å². The number of aromatic nitrogens is 2. The van der Waals surface area contributed by atoms with Gasteiger partial charge in [0, 0.05) is 44.1 Å². The predicted octanol–water partition coefficient (Wildman–Crippen LogP) is 3.48. The Hall–Kier alpha value is -5.77. The third-order valence-electron chi connectivity index (χ3n) is 9.08. The molecule has 0 aliphatic rings. The number of hydrazine groups is 1. The standard InChI is InChI=1S/C41H57N7O9/c1-7-27(2)35(37(51)46-32(39(54)56-6)22-28-16-10-8-11-17-28)47-34(49)20-14-15-21-44-48(40(55)57-41(3,4)5)33(23-29-18-12-9-13-19-29)36(50)45-31(38(52)53)24-30-25-42-26-43-30/h8-13,16-19,25-27,31-33,35,44H,7,14-15,20-24H2,1-6H3,(H,42,43)(H,45,50)(H,46,51)(H,47,49)(H,52,53)/t27-,31-,32-,33-,35-/m0/s1. The van der Waals surface area contributed by atoms with Crippen molar-refractivity contribution in [2.24, 2.45) is 5.92 Å². The maximum Gasteiger partial charge on any atom is 0.425 e. The van der Waals surface area contributed by atoms with E-state index >= 15 is 0 Å². The van der Waals surface area contributed by atoms with E-state index in [2.05, 4.69) is 31.3 Å². The number of nitrogens with one attached hydrogen (secondary N) is 5. The number of hydrogen-bond acceptors (Lipinski definition) is 10. The van der Waals surface area contributed by atoms with Crippen molar-refractivity contribution in [2.45, 2.75) is 109 Å². The number of carboxylic acids is 1. The number of nitrogens with zero attached hydrogens (tertiary/aromatic N) is 2. The summed E-state index contributed by atoms with van der Waals surface area (Å²) in [6.07, 6.45) is 3.53. The molecule has 0 spiro atoms. The molecule has 0 aliphatic heterocycles. The van der Waals surface area contributed by atoms with Gasteiger partial charge in [-0.1, -0.05) is 80.9 Å². The van der Waals surface area contributed by atoms with Crippen molar-refractivity contribution in [3.8, 4) is 0 Å². The number of rotatable bonds is 22. The average Bonchev–Trinajstić information content (AvgIpc) is 3.69. The van der Waals surface area contributed by atoms with E-state index in [0.29, 0.717) is 30.5 Å². The van der Waals surface area contributed by atoms with Crippen LogP contribution in [-0.2, 0) is 52.7 Å². The third kappa shape index (κ3) is 15.7. The minimum absolute atomic E-state index is 0.0268. The van der Waals surface area contributed by atoms with E-state index in [-0.39, 0.29) is 44.1 Å². The largest absolute Gasteiger partial charge is 0.480 e. The fourth-order valence-electron chi connectivity index (χ4n) is 5.84. The molecular weight excluding hydrogens is 734 g/mol. The molecule has 2 aromatic carbocycles. The van der Waals surface area contributed by atoms with E-state index < -0.39 is 59.6 Å². The van der Waals surface area contributed by atoms with Crippen LogP contribution in [0, 0.1) is 5.92 Å². The number of carbonyl (C=O) groups is 6. The molecule has 0 fully saturated rings. The Kier molecular flexibility index (Phi) is 18.2. The van der Waals surface area contributed by atoms with E-state index in [0.717, 1.165) is 10.6 Å². The molecule has 0 bridgehead atoms. The van der Waals surface area contributed by atoms with Crippen LogP contribution in [0.15, 0.2) is 73.2 Å². The van der Waals surface area contributed by atoms with Crippen molar-refractivity contribution in [3.63, 3.8) is 0 Å². The summed E-state index contributed by atoms with van der Waals surface area (Å²) in [5.41, 5.74) is 4.12. The first kappa shape index (κ1) is 45.6. The molecule has 1 aromatic heterocycles. The summed E-state index contributed by atoms with van der Waals surface area (Å²) in [4.78, 5) is 85.8. The van der Waals surface area contributed by atoms with Gasteiger partial charge in [0.2, 0.25) is 17.7 Å². The van der Waals surface area contributed by atoms with Crippen LogP contribution in [0.5, 0.6) is 0 Å². The van der Waals surface area contributed by atoms with Gasteiger partial charge >= 0.3 is 18.0 Å². The van der Waals surface area contributed by atoms with Crippen molar-refractivity contribution in [1.29, 1.82) is 0 Å². The molecule has 4 amide bonds. The van der Waals surface area contributed by atoms with E-state index in [9.17, 15) is 33.9 Å². The number of amides is 4. The summed E-state index contributed by atoms with van der Waals surface area (Å²) < 4.78 is 10.6. The number of H-pyrrole nitrogens is 1. The Labute approximate surface area is 333 Å². The Bertz CT molecular complexity index is 1730. The van der Waals surface area contributed by atoms with E-state index in [4.69, 9.17) is 9.47 Å². The summed E-state index contributed by atoms with van der Waals surface area (Å²) in [5, 5.41) is 19.2. The van der Waals surface area contributed by atoms with Crippen molar-refractivity contribution >= 4 is 35.8 Å². The normalized spacial score (nSPS) is 13.9. The van der Waals surface area contributed by atoms with Gasteiger partial charge in [-0.15, -0.1) is 0 Å². The van der Waals surface area contributed by atoms with Crippen molar-refractivity contribution in [3.05, 3.63) is 90.0 Å². The van der Waals surface area contributed by atoms with E-state index in [1.54, 1.807) is 45.0 Å². The number of benzene rings is 2. The molecule has 0 saturated carbocycles.